The highest BCUT2D eigenvalue weighted by atomic mass is 16.5. The molecule has 4 heterocycles. The summed E-state index contributed by atoms with van der Waals surface area (Å²) in [4.78, 5) is 2.44. The van der Waals surface area contributed by atoms with E-state index in [2.05, 4.69) is 45.9 Å². The van der Waals surface area contributed by atoms with Crippen LogP contribution in [0.1, 0.15) is 48.2 Å². The number of benzene rings is 3. The first-order valence-electron chi connectivity index (χ1n) is 16.6. The molecule has 242 valence electrons. The number of para-hydroxylation sites is 1. The van der Waals surface area contributed by atoms with Gasteiger partial charge < -0.3 is 29.0 Å². The number of aromatic nitrogens is 3. The Morgan fingerprint density at radius 3 is 2.54 bits per heavy atom. The van der Waals surface area contributed by atoms with E-state index in [1.165, 1.54) is 0 Å². The SMILES string of the molecule is Cn1nc(CCN2CCOCC2)c2c1COCCCCn1c(C(O)O)c(CCCOc3cccc4ccccc34)c3cccc-2c31. The average Bonchev–Trinajstić information content (AvgIpc) is 3.56. The van der Waals surface area contributed by atoms with E-state index in [9.17, 15) is 10.2 Å². The van der Waals surface area contributed by atoms with E-state index in [0.717, 1.165) is 114 Å². The second-order valence-electron chi connectivity index (χ2n) is 12.4. The number of fused-ring (bicyclic) bond motifs is 3. The van der Waals surface area contributed by atoms with Crippen LogP contribution in [-0.2, 0) is 42.5 Å². The van der Waals surface area contributed by atoms with Crippen LogP contribution in [0.15, 0.2) is 60.7 Å². The molecule has 5 aromatic rings. The lowest BCUT2D eigenvalue weighted by molar-refractivity contribution is -0.0488. The first-order chi connectivity index (χ1) is 22.6. The molecule has 2 aromatic heterocycles. The number of ether oxygens (including phenoxy) is 3. The van der Waals surface area contributed by atoms with Crippen molar-refractivity contribution in [3.8, 4) is 16.9 Å². The number of morpholine rings is 1. The molecule has 0 unspecified atom stereocenters. The van der Waals surface area contributed by atoms with E-state index in [-0.39, 0.29) is 0 Å². The molecule has 2 aliphatic rings. The van der Waals surface area contributed by atoms with Gasteiger partial charge in [0.05, 0.1) is 49.0 Å². The molecule has 0 bridgehead atoms. The summed E-state index contributed by atoms with van der Waals surface area (Å²) in [5, 5.41) is 30.1. The Hall–Kier alpha value is -3.73. The van der Waals surface area contributed by atoms with Crippen molar-refractivity contribution in [2.75, 3.05) is 46.1 Å². The lowest BCUT2D eigenvalue weighted by atomic mass is 9.97. The summed E-state index contributed by atoms with van der Waals surface area (Å²) in [6.45, 7) is 6.64. The van der Waals surface area contributed by atoms with Crippen LogP contribution in [0.3, 0.4) is 0 Å². The topological polar surface area (TPSA) is 94.1 Å². The van der Waals surface area contributed by atoms with Gasteiger partial charge in [-0.2, -0.15) is 5.10 Å². The molecule has 0 saturated carbocycles. The van der Waals surface area contributed by atoms with Crippen molar-refractivity contribution in [1.29, 1.82) is 0 Å². The summed E-state index contributed by atoms with van der Waals surface area (Å²) >= 11 is 0. The van der Waals surface area contributed by atoms with E-state index < -0.39 is 6.29 Å². The van der Waals surface area contributed by atoms with Crippen LogP contribution in [0.5, 0.6) is 5.75 Å². The largest absolute Gasteiger partial charge is 0.493 e. The predicted octanol–water partition coefficient (Wildman–Crippen LogP) is 5.37. The molecule has 9 nitrogen and oxygen atoms in total. The third-order valence-corrected chi connectivity index (χ3v) is 9.49. The van der Waals surface area contributed by atoms with Crippen LogP contribution in [0.2, 0.25) is 0 Å². The van der Waals surface area contributed by atoms with Gasteiger partial charge in [-0.15, -0.1) is 0 Å². The van der Waals surface area contributed by atoms with Gasteiger partial charge in [-0.1, -0.05) is 54.6 Å². The molecule has 0 aliphatic carbocycles. The second-order valence-corrected chi connectivity index (χ2v) is 12.4. The van der Waals surface area contributed by atoms with E-state index in [1.807, 2.05) is 36.0 Å². The maximum absolute atomic E-state index is 10.9. The van der Waals surface area contributed by atoms with Crippen LogP contribution >= 0.6 is 0 Å². The van der Waals surface area contributed by atoms with Crippen LogP contribution < -0.4 is 4.74 Å². The Bertz CT molecular complexity index is 1800. The van der Waals surface area contributed by atoms with Crippen LogP contribution in [0, 0.1) is 0 Å². The van der Waals surface area contributed by atoms with Crippen molar-refractivity contribution in [1.82, 2.24) is 19.2 Å². The third kappa shape index (κ3) is 6.18. The highest BCUT2D eigenvalue weighted by Crippen LogP contribution is 2.40. The van der Waals surface area contributed by atoms with Crippen molar-refractivity contribution < 1.29 is 24.4 Å². The quantitative estimate of drug-likeness (QED) is 0.168. The van der Waals surface area contributed by atoms with Gasteiger partial charge in [-0.3, -0.25) is 9.58 Å². The van der Waals surface area contributed by atoms with E-state index in [4.69, 9.17) is 19.3 Å². The van der Waals surface area contributed by atoms with Gasteiger partial charge in [0, 0.05) is 68.2 Å². The molecule has 0 spiro atoms. The van der Waals surface area contributed by atoms with E-state index >= 15 is 0 Å². The zero-order valence-electron chi connectivity index (χ0n) is 26.7. The van der Waals surface area contributed by atoms with Crippen molar-refractivity contribution in [2.24, 2.45) is 7.05 Å². The summed E-state index contributed by atoms with van der Waals surface area (Å²) in [5.41, 5.74) is 6.86. The first kappa shape index (κ1) is 30.9. The van der Waals surface area contributed by atoms with Crippen molar-refractivity contribution in [2.45, 2.75) is 51.5 Å². The molecule has 0 atom stereocenters. The smallest absolute Gasteiger partial charge is 0.194 e. The van der Waals surface area contributed by atoms with Crippen LogP contribution in [0.25, 0.3) is 32.8 Å². The third-order valence-electron chi connectivity index (χ3n) is 9.49. The number of hydrogen-bond donors (Lipinski definition) is 2. The van der Waals surface area contributed by atoms with Crippen LogP contribution in [0.4, 0.5) is 0 Å². The molecule has 2 aliphatic heterocycles. The molecular weight excluding hydrogens is 580 g/mol. The Labute approximate surface area is 269 Å². The van der Waals surface area contributed by atoms with Gasteiger partial charge in [0.2, 0.25) is 0 Å². The normalized spacial score (nSPS) is 16.2. The van der Waals surface area contributed by atoms with Gasteiger partial charge in [0.1, 0.15) is 5.75 Å². The minimum atomic E-state index is -1.59. The fourth-order valence-electron chi connectivity index (χ4n) is 7.25. The highest BCUT2D eigenvalue weighted by molar-refractivity contribution is 5.99. The summed E-state index contributed by atoms with van der Waals surface area (Å²) in [6.07, 6.45) is 2.38. The summed E-state index contributed by atoms with van der Waals surface area (Å²) in [6, 6.07) is 20.8. The molecule has 9 heteroatoms. The van der Waals surface area contributed by atoms with Crippen molar-refractivity contribution >= 4 is 21.7 Å². The number of rotatable bonds is 9. The average molecular weight is 625 g/mol. The number of hydrogen-bond acceptors (Lipinski definition) is 7. The Morgan fingerprint density at radius 2 is 1.67 bits per heavy atom. The molecule has 7 rings (SSSR count). The van der Waals surface area contributed by atoms with Gasteiger partial charge in [-0.25, -0.2) is 0 Å². The molecule has 1 fully saturated rings. The van der Waals surface area contributed by atoms with Crippen LogP contribution in [-0.4, -0.2) is 75.5 Å². The van der Waals surface area contributed by atoms with Gasteiger partial charge in [0.15, 0.2) is 6.29 Å². The fourth-order valence-corrected chi connectivity index (χ4v) is 7.25. The second kappa shape index (κ2) is 13.9. The van der Waals surface area contributed by atoms with Gasteiger partial charge in [-0.05, 0) is 42.7 Å². The number of aryl methyl sites for hydroxylation is 3. The van der Waals surface area contributed by atoms with E-state index in [1.54, 1.807) is 0 Å². The Morgan fingerprint density at radius 1 is 0.870 bits per heavy atom. The molecule has 1 saturated heterocycles. The maximum atomic E-state index is 10.9. The monoisotopic (exact) mass is 624 g/mol. The Kier molecular flexibility index (Phi) is 9.37. The van der Waals surface area contributed by atoms with Crippen molar-refractivity contribution in [3.05, 3.63) is 83.3 Å². The summed E-state index contributed by atoms with van der Waals surface area (Å²) < 4.78 is 22.2. The Balaban J connectivity index is 1.25. The summed E-state index contributed by atoms with van der Waals surface area (Å²) in [5.74, 6) is 0.871. The molecule has 0 radical (unpaired) electrons. The van der Waals surface area contributed by atoms with Gasteiger partial charge in [0.25, 0.3) is 0 Å². The summed E-state index contributed by atoms with van der Waals surface area (Å²) in [7, 11) is 2.00. The molecule has 46 heavy (non-hydrogen) atoms. The fraction of sp³-hybridized carbons (Fsp3) is 0.432. The number of nitrogens with zero attached hydrogens (tertiary/aromatic N) is 4. The standard InChI is InChI=1S/C37H44N4O5/c1-39-32-25-45-21-5-4-17-41-35-28(12-7-13-30(35)34(32)31(38-39)16-18-40-19-23-44-24-20-40)29(36(41)37(42)43)14-8-22-46-33-15-6-10-26-9-2-3-11-27(26)33/h2-3,6-7,9-13,15,37,42-43H,4-5,8,14,16-25H2,1H3. The first-order valence-corrected chi connectivity index (χ1v) is 16.6. The lowest BCUT2D eigenvalue weighted by Gasteiger charge is -2.26. The maximum Gasteiger partial charge on any atom is 0.194 e. The minimum Gasteiger partial charge on any atom is -0.493 e. The molecule has 3 aromatic carbocycles. The lowest BCUT2D eigenvalue weighted by Crippen LogP contribution is -2.37. The highest BCUT2D eigenvalue weighted by Gasteiger charge is 2.27. The minimum absolute atomic E-state index is 0.487. The number of aliphatic hydroxyl groups is 2. The van der Waals surface area contributed by atoms with Gasteiger partial charge >= 0.3 is 0 Å². The van der Waals surface area contributed by atoms with Crippen molar-refractivity contribution in [3.63, 3.8) is 0 Å². The van der Waals surface area contributed by atoms with E-state index in [0.29, 0.717) is 38.5 Å². The molecule has 2 N–H and O–H groups in total. The molecular formula is C37H44N4O5. The zero-order valence-corrected chi connectivity index (χ0v) is 26.7. The zero-order chi connectivity index (χ0) is 31.5. The molecule has 0 amide bonds. The number of aliphatic hydroxyl groups excluding tert-OH is 1. The predicted molar refractivity (Wildman–Crippen MR) is 179 cm³/mol.